The lowest BCUT2D eigenvalue weighted by atomic mass is 10.2. The molecule has 0 spiro atoms. The van der Waals surface area contributed by atoms with Gasteiger partial charge in [-0.1, -0.05) is 0 Å². The fourth-order valence-corrected chi connectivity index (χ4v) is 0.304. The van der Waals surface area contributed by atoms with Crippen molar-refractivity contribution in [3.05, 3.63) is 0 Å². The fourth-order valence-electron chi connectivity index (χ4n) is 0.304. The highest BCUT2D eigenvalue weighted by molar-refractivity contribution is 5.65. The summed E-state index contributed by atoms with van der Waals surface area (Å²) in [5, 5.41) is 16.4. The van der Waals surface area contributed by atoms with Crippen LogP contribution in [0.15, 0.2) is 0 Å². The number of nitrogens with zero attached hydrogens (tertiary/aromatic N) is 2. The summed E-state index contributed by atoms with van der Waals surface area (Å²) < 4.78 is 4.40. The lowest BCUT2D eigenvalue weighted by Gasteiger charge is -1.98. The number of ether oxygens (including phenoxy) is 1. The predicted octanol–water partition coefficient (Wildman–Crippen LogP) is 0.213. The third-order valence-corrected chi connectivity index (χ3v) is 0.765. The number of esters is 1. The average molecular weight is 138 g/mol. The van der Waals surface area contributed by atoms with E-state index in [4.69, 9.17) is 10.5 Å². The molecular weight excluding hydrogens is 132 g/mol. The van der Waals surface area contributed by atoms with Crippen molar-refractivity contribution < 1.29 is 9.53 Å². The number of rotatable bonds is 2. The van der Waals surface area contributed by atoms with Crippen molar-refractivity contribution in [2.24, 2.45) is 5.92 Å². The summed E-state index contributed by atoms with van der Waals surface area (Å²) in [6, 6.07) is 3.34. The maximum atomic E-state index is 10.1. The van der Waals surface area contributed by atoms with Crippen LogP contribution >= 0.6 is 0 Å². The molecule has 0 aliphatic heterocycles. The zero-order chi connectivity index (χ0) is 7.98. The maximum absolute atomic E-state index is 10.1. The molecule has 0 aliphatic carbocycles. The minimum absolute atomic E-state index is 0.137. The van der Waals surface area contributed by atoms with Crippen LogP contribution in [0.5, 0.6) is 0 Å². The van der Waals surface area contributed by atoms with E-state index in [0.717, 1.165) is 0 Å². The first-order valence-electron chi connectivity index (χ1n) is 2.63. The Labute approximate surface area is 58.6 Å². The van der Waals surface area contributed by atoms with Gasteiger partial charge in [-0.05, 0) is 0 Å². The zero-order valence-corrected chi connectivity index (χ0v) is 5.50. The molecule has 0 N–H and O–H groups in total. The molecule has 0 fully saturated rings. The van der Waals surface area contributed by atoms with Crippen LogP contribution in [-0.4, -0.2) is 12.6 Å². The van der Waals surface area contributed by atoms with Gasteiger partial charge in [-0.2, -0.15) is 10.5 Å². The SMILES string of the molecule is CC(=O)OCC(C#N)C#N. The van der Waals surface area contributed by atoms with Crippen molar-refractivity contribution in [3.63, 3.8) is 0 Å². The van der Waals surface area contributed by atoms with Crippen LogP contribution in [0.4, 0.5) is 0 Å². The molecule has 4 heteroatoms. The Hall–Kier alpha value is -1.55. The molecule has 10 heavy (non-hydrogen) atoms. The zero-order valence-electron chi connectivity index (χ0n) is 5.50. The number of hydrogen-bond donors (Lipinski definition) is 0. The van der Waals surface area contributed by atoms with Gasteiger partial charge in [0.1, 0.15) is 6.61 Å². The van der Waals surface area contributed by atoms with Crippen molar-refractivity contribution in [2.45, 2.75) is 6.92 Å². The third kappa shape index (κ3) is 3.45. The van der Waals surface area contributed by atoms with Crippen molar-refractivity contribution in [1.29, 1.82) is 10.5 Å². The van der Waals surface area contributed by atoms with Gasteiger partial charge in [-0.3, -0.25) is 4.79 Å². The smallest absolute Gasteiger partial charge is 0.302 e. The summed E-state index contributed by atoms with van der Waals surface area (Å²) in [7, 11) is 0. The number of hydrogen-bond acceptors (Lipinski definition) is 4. The first-order chi connectivity index (χ1) is 4.70. The summed E-state index contributed by atoms with van der Waals surface area (Å²) in [5.41, 5.74) is 0. The topological polar surface area (TPSA) is 73.9 Å². The van der Waals surface area contributed by atoms with E-state index in [9.17, 15) is 4.79 Å². The van der Waals surface area contributed by atoms with Crippen LogP contribution in [0.25, 0.3) is 0 Å². The van der Waals surface area contributed by atoms with Crippen LogP contribution in [0.2, 0.25) is 0 Å². The molecule has 4 nitrogen and oxygen atoms in total. The van der Waals surface area contributed by atoms with Gasteiger partial charge in [-0.15, -0.1) is 0 Å². The predicted molar refractivity (Wildman–Crippen MR) is 31.3 cm³/mol. The fraction of sp³-hybridized carbons (Fsp3) is 0.500. The summed E-state index contributed by atoms with van der Waals surface area (Å²) in [6.45, 7) is 1.09. The molecule has 0 saturated heterocycles. The Balaban J connectivity index is 3.61. The normalized spacial score (nSPS) is 8.00. The Kier molecular flexibility index (Phi) is 3.67. The molecular formula is C6H6N2O2. The molecule has 0 aromatic rings. The molecule has 0 amide bonds. The van der Waals surface area contributed by atoms with Crippen molar-refractivity contribution in [3.8, 4) is 12.1 Å². The van der Waals surface area contributed by atoms with Gasteiger partial charge in [0.05, 0.1) is 12.1 Å². The molecule has 0 rings (SSSR count). The molecule has 0 radical (unpaired) electrons. The van der Waals surface area contributed by atoms with E-state index in [0.29, 0.717) is 0 Å². The molecule has 0 aromatic heterocycles. The second kappa shape index (κ2) is 4.34. The van der Waals surface area contributed by atoms with E-state index >= 15 is 0 Å². The minimum atomic E-state index is -0.844. The summed E-state index contributed by atoms with van der Waals surface area (Å²) >= 11 is 0. The van der Waals surface area contributed by atoms with E-state index in [1.807, 2.05) is 0 Å². The van der Waals surface area contributed by atoms with Crippen molar-refractivity contribution in [2.75, 3.05) is 6.61 Å². The highest BCUT2D eigenvalue weighted by Gasteiger charge is 2.05. The van der Waals surface area contributed by atoms with E-state index in [-0.39, 0.29) is 6.61 Å². The van der Waals surface area contributed by atoms with Crippen LogP contribution in [-0.2, 0) is 9.53 Å². The minimum Gasteiger partial charge on any atom is -0.463 e. The lowest BCUT2D eigenvalue weighted by molar-refractivity contribution is -0.141. The number of carbonyl (C=O) groups is 1. The highest BCUT2D eigenvalue weighted by Crippen LogP contribution is 1.92. The molecule has 0 saturated carbocycles. The van der Waals surface area contributed by atoms with Gasteiger partial charge < -0.3 is 4.74 Å². The van der Waals surface area contributed by atoms with Crippen molar-refractivity contribution >= 4 is 5.97 Å². The van der Waals surface area contributed by atoms with Crippen LogP contribution in [0.1, 0.15) is 6.92 Å². The average Bonchev–Trinajstić information content (AvgIpc) is 1.90. The van der Waals surface area contributed by atoms with Crippen molar-refractivity contribution in [1.82, 2.24) is 0 Å². The maximum Gasteiger partial charge on any atom is 0.302 e. The third-order valence-electron chi connectivity index (χ3n) is 0.765. The molecule has 0 aliphatic rings. The second-order valence-electron chi connectivity index (χ2n) is 1.61. The molecule has 0 unspecified atom stereocenters. The van der Waals surface area contributed by atoms with E-state index in [2.05, 4.69) is 4.74 Å². The molecule has 0 aromatic carbocycles. The van der Waals surface area contributed by atoms with Gasteiger partial charge in [0, 0.05) is 6.92 Å². The molecule has 0 atom stereocenters. The van der Waals surface area contributed by atoms with Gasteiger partial charge >= 0.3 is 5.97 Å². The lowest BCUT2D eigenvalue weighted by Crippen LogP contribution is -2.08. The first-order valence-corrected chi connectivity index (χ1v) is 2.63. The quantitative estimate of drug-likeness (QED) is 0.511. The van der Waals surface area contributed by atoms with E-state index in [1.54, 1.807) is 12.1 Å². The monoisotopic (exact) mass is 138 g/mol. The summed E-state index contributed by atoms with van der Waals surface area (Å²) in [5.74, 6) is -1.32. The summed E-state index contributed by atoms with van der Waals surface area (Å²) in [4.78, 5) is 10.1. The van der Waals surface area contributed by atoms with E-state index in [1.165, 1.54) is 6.92 Å². The Morgan fingerprint density at radius 2 is 2.10 bits per heavy atom. The largest absolute Gasteiger partial charge is 0.463 e. The van der Waals surface area contributed by atoms with Crippen LogP contribution in [0, 0.1) is 28.6 Å². The second-order valence-corrected chi connectivity index (χ2v) is 1.61. The van der Waals surface area contributed by atoms with Crippen LogP contribution in [0.3, 0.4) is 0 Å². The number of nitriles is 2. The van der Waals surface area contributed by atoms with Gasteiger partial charge in [0.2, 0.25) is 0 Å². The van der Waals surface area contributed by atoms with E-state index < -0.39 is 11.9 Å². The van der Waals surface area contributed by atoms with Gasteiger partial charge in [-0.25, -0.2) is 0 Å². The number of carbonyl (C=O) groups excluding carboxylic acids is 1. The Bertz CT molecular complexity index is 185. The standard InChI is InChI=1S/C6H6N2O2/c1-5(9)10-4-6(2-7)3-8/h6H,4H2,1H3. The molecule has 52 valence electrons. The molecule has 0 heterocycles. The summed E-state index contributed by atoms with van der Waals surface area (Å²) in [6.07, 6.45) is 0. The highest BCUT2D eigenvalue weighted by atomic mass is 16.5. The Morgan fingerprint density at radius 1 is 1.60 bits per heavy atom. The van der Waals surface area contributed by atoms with Gasteiger partial charge in [0.15, 0.2) is 5.92 Å². The first kappa shape index (κ1) is 8.45. The Morgan fingerprint density at radius 3 is 2.40 bits per heavy atom. The van der Waals surface area contributed by atoms with Gasteiger partial charge in [0.25, 0.3) is 0 Å². The molecule has 0 bridgehead atoms. The van der Waals surface area contributed by atoms with Crippen LogP contribution < -0.4 is 0 Å².